The Labute approximate surface area is 188 Å². The molecule has 1 saturated heterocycles. The number of hydrogen-bond donors (Lipinski definition) is 1. The number of aryl methyl sites for hydroxylation is 1. The summed E-state index contributed by atoms with van der Waals surface area (Å²) in [7, 11) is 1.60. The number of aromatic nitrogens is 2. The van der Waals surface area contributed by atoms with Crippen LogP contribution < -0.4 is 10.1 Å². The molecule has 1 aliphatic rings. The van der Waals surface area contributed by atoms with Crippen LogP contribution in [0.1, 0.15) is 34.6 Å². The van der Waals surface area contributed by atoms with Crippen LogP contribution >= 0.6 is 0 Å². The van der Waals surface area contributed by atoms with Crippen LogP contribution in [-0.2, 0) is 0 Å². The molecule has 1 fully saturated rings. The molecule has 0 bridgehead atoms. The Morgan fingerprint density at radius 3 is 2.28 bits per heavy atom. The molecular formula is C25H28N4O3. The first-order valence-corrected chi connectivity index (χ1v) is 10.8. The number of nitrogens with one attached hydrogen (secondary N) is 1. The van der Waals surface area contributed by atoms with Crippen molar-refractivity contribution in [1.82, 2.24) is 14.7 Å². The van der Waals surface area contributed by atoms with E-state index in [0.29, 0.717) is 31.5 Å². The molecule has 1 N–H and O–H groups in total. The van der Waals surface area contributed by atoms with Gasteiger partial charge in [-0.1, -0.05) is 18.2 Å². The normalized spacial score (nSPS) is 14.3. The highest BCUT2D eigenvalue weighted by molar-refractivity contribution is 5.98. The number of methoxy groups -OCH3 is 1. The van der Waals surface area contributed by atoms with Crippen LogP contribution in [0.15, 0.2) is 54.6 Å². The lowest BCUT2D eigenvalue weighted by molar-refractivity contribution is 0.0859. The first-order valence-electron chi connectivity index (χ1n) is 10.8. The zero-order valence-electron chi connectivity index (χ0n) is 18.7. The van der Waals surface area contributed by atoms with Gasteiger partial charge in [0.2, 0.25) is 0 Å². The van der Waals surface area contributed by atoms with Crippen molar-refractivity contribution in [1.29, 1.82) is 0 Å². The summed E-state index contributed by atoms with van der Waals surface area (Å²) in [6.45, 7) is 4.93. The minimum absolute atomic E-state index is 0.0725. The lowest BCUT2D eigenvalue weighted by Crippen LogP contribution is -2.42. The molecule has 0 spiro atoms. The van der Waals surface area contributed by atoms with Gasteiger partial charge in [-0.25, -0.2) is 9.48 Å². The molecule has 3 aromatic rings. The fourth-order valence-corrected chi connectivity index (χ4v) is 4.17. The average Bonchev–Trinajstić information content (AvgIpc) is 3.12. The van der Waals surface area contributed by atoms with E-state index >= 15 is 0 Å². The number of likely N-dealkylation sites (tertiary alicyclic amines) is 1. The summed E-state index contributed by atoms with van der Waals surface area (Å²) in [5.41, 5.74) is 4.02. The second kappa shape index (κ2) is 9.26. The summed E-state index contributed by atoms with van der Waals surface area (Å²) in [4.78, 5) is 27.5. The maximum absolute atomic E-state index is 12.9. The van der Waals surface area contributed by atoms with Crippen LogP contribution in [0.5, 0.6) is 5.75 Å². The summed E-state index contributed by atoms with van der Waals surface area (Å²) in [6, 6.07) is 16.9. The number of benzene rings is 2. The number of piperidine rings is 1. The third-order valence-electron chi connectivity index (χ3n) is 6.05. The molecule has 0 aliphatic carbocycles. The highest BCUT2D eigenvalue weighted by Crippen LogP contribution is 2.26. The molecule has 32 heavy (non-hydrogen) atoms. The molecule has 166 valence electrons. The summed E-state index contributed by atoms with van der Waals surface area (Å²) >= 11 is 0. The number of nitrogens with zero attached hydrogens (tertiary/aromatic N) is 3. The third kappa shape index (κ3) is 4.37. The molecule has 0 unspecified atom stereocenters. The van der Waals surface area contributed by atoms with E-state index in [2.05, 4.69) is 10.4 Å². The van der Waals surface area contributed by atoms with E-state index in [1.807, 2.05) is 48.9 Å². The van der Waals surface area contributed by atoms with Crippen molar-refractivity contribution >= 4 is 17.5 Å². The van der Waals surface area contributed by atoms with Crippen molar-refractivity contribution in [2.24, 2.45) is 5.92 Å². The molecule has 1 aliphatic heterocycles. The van der Waals surface area contributed by atoms with E-state index in [9.17, 15) is 9.59 Å². The Hall–Kier alpha value is -3.61. The minimum Gasteiger partial charge on any atom is -0.497 e. The van der Waals surface area contributed by atoms with Crippen LogP contribution in [0.3, 0.4) is 0 Å². The van der Waals surface area contributed by atoms with Crippen molar-refractivity contribution < 1.29 is 14.3 Å². The van der Waals surface area contributed by atoms with E-state index in [4.69, 9.17) is 4.74 Å². The first kappa shape index (κ1) is 21.6. The van der Waals surface area contributed by atoms with Crippen LogP contribution in [0.4, 0.5) is 10.5 Å². The number of anilines is 1. The molecule has 1 aromatic heterocycles. The molecular weight excluding hydrogens is 404 g/mol. The molecule has 0 saturated carbocycles. The van der Waals surface area contributed by atoms with Crippen molar-refractivity contribution in [3.8, 4) is 11.4 Å². The van der Waals surface area contributed by atoms with Gasteiger partial charge in [-0.2, -0.15) is 5.10 Å². The Kier molecular flexibility index (Phi) is 6.25. The second-order valence-electron chi connectivity index (χ2n) is 8.08. The summed E-state index contributed by atoms with van der Waals surface area (Å²) in [6.07, 6.45) is 1.30. The van der Waals surface area contributed by atoms with Gasteiger partial charge in [0.15, 0.2) is 5.78 Å². The van der Waals surface area contributed by atoms with Gasteiger partial charge in [-0.05, 0) is 63.1 Å². The van der Waals surface area contributed by atoms with Crippen LogP contribution in [-0.4, -0.2) is 46.7 Å². The lowest BCUT2D eigenvalue weighted by atomic mass is 9.89. The van der Waals surface area contributed by atoms with E-state index in [1.54, 1.807) is 36.3 Å². The van der Waals surface area contributed by atoms with E-state index < -0.39 is 0 Å². The Bertz CT molecular complexity index is 1100. The number of ketones is 1. The highest BCUT2D eigenvalue weighted by Gasteiger charge is 2.28. The third-order valence-corrected chi connectivity index (χ3v) is 6.05. The smallest absolute Gasteiger partial charge is 0.321 e. The van der Waals surface area contributed by atoms with Gasteiger partial charge in [0, 0.05) is 24.6 Å². The first-order chi connectivity index (χ1) is 15.5. The van der Waals surface area contributed by atoms with E-state index in [1.165, 1.54) is 0 Å². The van der Waals surface area contributed by atoms with Gasteiger partial charge in [0.1, 0.15) is 5.75 Å². The second-order valence-corrected chi connectivity index (χ2v) is 8.08. The van der Waals surface area contributed by atoms with Crippen molar-refractivity contribution in [3.05, 3.63) is 71.5 Å². The van der Waals surface area contributed by atoms with Gasteiger partial charge in [0.25, 0.3) is 0 Å². The predicted molar refractivity (Wildman–Crippen MR) is 124 cm³/mol. The Morgan fingerprint density at radius 2 is 1.66 bits per heavy atom. The predicted octanol–water partition coefficient (Wildman–Crippen LogP) is 4.62. The number of hydrogen-bond acceptors (Lipinski definition) is 4. The maximum Gasteiger partial charge on any atom is 0.321 e. The van der Waals surface area contributed by atoms with Crippen LogP contribution in [0.2, 0.25) is 0 Å². The number of carbonyl (C=O) groups excluding carboxylic acids is 2. The maximum atomic E-state index is 12.9. The van der Waals surface area contributed by atoms with E-state index in [-0.39, 0.29) is 17.7 Å². The molecule has 2 aromatic carbocycles. The quantitative estimate of drug-likeness (QED) is 0.597. The molecule has 2 heterocycles. The minimum atomic E-state index is -0.154. The summed E-state index contributed by atoms with van der Waals surface area (Å²) in [5, 5.41) is 7.62. The molecule has 0 atom stereocenters. The van der Waals surface area contributed by atoms with Gasteiger partial charge in [-0.3, -0.25) is 4.79 Å². The van der Waals surface area contributed by atoms with Crippen LogP contribution in [0, 0.1) is 19.8 Å². The van der Waals surface area contributed by atoms with Gasteiger partial charge in [0.05, 0.1) is 29.9 Å². The van der Waals surface area contributed by atoms with Gasteiger partial charge < -0.3 is 15.0 Å². The number of amides is 2. The largest absolute Gasteiger partial charge is 0.497 e. The number of Topliss-reactive ketones (excluding diaryl/α,β-unsaturated/α-hetero) is 1. The van der Waals surface area contributed by atoms with Crippen LogP contribution in [0.25, 0.3) is 5.69 Å². The topological polar surface area (TPSA) is 76.5 Å². The Balaban J connectivity index is 1.38. The summed E-state index contributed by atoms with van der Waals surface area (Å²) < 4.78 is 7.00. The number of rotatable bonds is 5. The standard InChI is InChI=1S/C25H28N4O3/c1-17-23(18(2)29(27-17)21-7-5-4-6-8-21)26-25(31)28-15-13-20(14-16-28)24(30)19-9-11-22(32-3)12-10-19/h4-12,20H,13-16H2,1-3H3,(H,26,31). The molecule has 0 radical (unpaired) electrons. The fraction of sp³-hybridized carbons (Fsp3) is 0.320. The van der Waals surface area contributed by atoms with Crippen molar-refractivity contribution in [3.63, 3.8) is 0 Å². The molecule has 4 rings (SSSR count). The van der Waals surface area contributed by atoms with Crippen molar-refractivity contribution in [2.75, 3.05) is 25.5 Å². The summed E-state index contributed by atoms with van der Waals surface area (Å²) in [5.74, 6) is 0.787. The van der Waals surface area contributed by atoms with Crippen molar-refractivity contribution in [2.45, 2.75) is 26.7 Å². The number of ether oxygens (including phenoxy) is 1. The zero-order chi connectivity index (χ0) is 22.7. The Morgan fingerprint density at radius 1 is 1.00 bits per heavy atom. The number of carbonyl (C=O) groups is 2. The molecule has 7 heteroatoms. The fourth-order valence-electron chi connectivity index (χ4n) is 4.17. The lowest BCUT2D eigenvalue weighted by Gasteiger charge is -2.31. The zero-order valence-corrected chi connectivity index (χ0v) is 18.7. The van der Waals surface area contributed by atoms with Gasteiger partial charge in [-0.15, -0.1) is 0 Å². The SMILES string of the molecule is COc1ccc(C(=O)C2CCN(C(=O)Nc3c(C)nn(-c4ccccc4)c3C)CC2)cc1. The molecule has 2 amide bonds. The monoisotopic (exact) mass is 432 g/mol. The number of para-hydroxylation sites is 1. The van der Waals surface area contributed by atoms with Gasteiger partial charge >= 0.3 is 6.03 Å². The highest BCUT2D eigenvalue weighted by atomic mass is 16.5. The number of urea groups is 1. The average molecular weight is 433 g/mol. The van der Waals surface area contributed by atoms with E-state index in [0.717, 1.165) is 28.5 Å². The molecule has 7 nitrogen and oxygen atoms in total.